The summed E-state index contributed by atoms with van der Waals surface area (Å²) in [7, 11) is 1.21. The summed E-state index contributed by atoms with van der Waals surface area (Å²) in [5, 5.41) is -0.468. The van der Waals surface area contributed by atoms with Crippen LogP contribution in [-0.4, -0.2) is 35.7 Å². The van der Waals surface area contributed by atoms with Crippen LogP contribution >= 0.6 is 11.8 Å². The molecule has 1 aliphatic rings. The van der Waals surface area contributed by atoms with Crippen molar-refractivity contribution in [3.05, 3.63) is 53.0 Å². The summed E-state index contributed by atoms with van der Waals surface area (Å²) in [6.07, 6.45) is 5.09. The van der Waals surface area contributed by atoms with E-state index in [2.05, 4.69) is 4.74 Å². The average Bonchev–Trinajstić information content (AvgIpc) is 2.76. The summed E-state index contributed by atoms with van der Waals surface area (Å²) in [4.78, 5) is 36.0. The molecule has 0 bridgehead atoms. The third-order valence-electron chi connectivity index (χ3n) is 2.72. The monoisotopic (exact) mass is 303 g/mol. The molecular weight excluding hydrogens is 290 g/mol. The number of allylic oxidation sites excluding steroid dienone is 2. The highest BCUT2D eigenvalue weighted by molar-refractivity contribution is 8.18. The second-order valence-corrected chi connectivity index (χ2v) is 5.13. The van der Waals surface area contributed by atoms with Crippen LogP contribution in [0.4, 0.5) is 4.79 Å². The van der Waals surface area contributed by atoms with Crippen LogP contribution in [0.1, 0.15) is 5.56 Å². The van der Waals surface area contributed by atoms with E-state index in [0.717, 1.165) is 22.2 Å². The van der Waals surface area contributed by atoms with Gasteiger partial charge in [-0.25, -0.2) is 0 Å². The number of methoxy groups -OCH3 is 1. The van der Waals surface area contributed by atoms with Crippen molar-refractivity contribution >= 4 is 35.0 Å². The van der Waals surface area contributed by atoms with Crippen molar-refractivity contribution < 1.29 is 19.1 Å². The van der Waals surface area contributed by atoms with Crippen molar-refractivity contribution in [3.8, 4) is 0 Å². The van der Waals surface area contributed by atoms with Gasteiger partial charge in [-0.3, -0.25) is 19.3 Å². The Bertz CT molecular complexity index is 622. The van der Waals surface area contributed by atoms with E-state index in [1.165, 1.54) is 7.11 Å². The number of ether oxygens (including phenoxy) is 1. The predicted molar refractivity (Wildman–Crippen MR) is 80.3 cm³/mol. The summed E-state index contributed by atoms with van der Waals surface area (Å²) in [6.45, 7) is -0.360. The Morgan fingerprint density at radius 2 is 2.00 bits per heavy atom. The molecule has 108 valence electrons. The lowest BCUT2D eigenvalue weighted by molar-refractivity contribution is -0.143. The van der Waals surface area contributed by atoms with E-state index < -0.39 is 17.1 Å². The van der Waals surface area contributed by atoms with Gasteiger partial charge in [0.2, 0.25) is 0 Å². The minimum Gasteiger partial charge on any atom is -0.468 e. The fourth-order valence-corrected chi connectivity index (χ4v) is 2.44. The SMILES string of the molecule is COC(=O)CN1C(=O)S/C(=C/C=C/c2ccccc2)C1=O. The number of nitrogens with zero attached hydrogens (tertiary/aromatic N) is 1. The second kappa shape index (κ2) is 6.90. The van der Waals surface area contributed by atoms with Gasteiger partial charge in [-0.2, -0.15) is 0 Å². The van der Waals surface area contributed by atoms with Crippen LogP contribution in [0, 0.1) is 0 Å². The van der Waals surface area contributed by atoms with Gasteiger partial charge in [0.15, 0.2) is 0 Å². The van der Waals surface area contributed by atoms with E-state index >= 15 is 0 Å². The molecule has 21 heavy (non-hydrogen) atoms. The Hall–Kier alpha value is -2.34. The Labute approximate surface area is 126 Å². The number of benzene rings is 1. The topological polar surface area (TPSA) is 63.7 Å². The van der Waals surface area contributed by atoms with Gasteiger partial charge in [-0.1, -0.05) is 42.5 Å². The minimum absolute atomic E-state index is 0.288. The molecule has 2 amide bonds. The van der Waals surface area contributed by atoms with E-state index in [9.17, 15) is 14.4 Å². The van der Waals surface area contributed by atoms with Gasteiger partial charge in [0, 0.05) is 0 Å². The summed E-state index contributed by atoms with van der Waals surface area (Å²) < 4.78 is 4.46. The average molecular weight is 303 g/mol. The molecule has 0 aromatic heterocycles. The molecule has 0 aliphatic carbocycles. The second-order valence-electron chi connectivity index (χ2n) is 4.14. The van der Waals surface area contributed by atoms with Crippen molar-refractivity contribution in [2.75, 3.05) is 13.7 Å². The van der Waals surface area contributed by atoms with Crippen LogP contribution in [0.5, 0.6) is 0 Å². The Kier molecular flexibility index (Phi) is 4.94. The molecule has 1 aromatic carbocycles. The van der Waals surface area contributed by atoms with Crippen LogP contribution < -0.4 is 0 Å². The molecule has 0 saturated carbocycles. The Balaban J connectivity index is 2.06. The number of carbonyl (C=O) groups is 3. The smallest absolute Gasteiger partial charge is 0.325 e. The first kappa shape index (κ1) is 15.1. The summed E-state index contributed by atoms with van der Waals surface area (Å²) in [5.41, 5.74) is 0.988. The first-order valence-corrected chi connectivity index (χ1v) is 6.97. The zero-order valence-electron chi connectivity index (χ0n) is 11.3. The first-order valence-electron chi connectivity index (χ1n) is 6.15. The van der Waals surface area contributed by atoms with E-state index in [0.29, 0.717) is 0 Å². The van der Waals surface area contributed by atoms with E-state index in [4.69, 9.17) is 0 Å². The van der Waals surface area contributed by atoms with Crippen LogP contribution in [0.3, 0.4) is 0 Å². The molecule has 0 N–H and O–H groups in total. The van der Waals surface area contributed by atoms with Gasteiger partial charge in [0.1, 0.15) is 6.54 Å². The largest absolute Gasteiger partial charge is 0.468 e. The maximum atomic E-state index is 12.0. The molecule has 5 nitrogen and oxygen atoms in total. The molecule has 1 aromatic rings. The predicted octanol–water partition coefficient (Wildman–Crippen LogP) is 2.45. The molecule has 1 saturated heterocycles. The standard InChI is InChI=1S/C15H13NO4S/c1-20-13(17)10-16-14(18)12(21-15(16)19)9-5-8-11-6-3-2-4-7-11/h2-9H,10H2,1H3/b8-5+,12-9+. The third-order valence-corrected chi connectivity index (χ3v) is 3.65. The summed E-state index contributed by atoms with van der Waals surface area (Å²) in [6, 6.07) is 9.57. The van der Waals surface area contributed by atoms with E-state index in [1.54, 1.807) is 12.2 Å². The van der Waals surface area contributed by atoms with Gasteiger partial charge < -0.3 is 4.74 Å². The number of hydrogen-bond donors (Lipinski definition) is 0. The van der Waals surface area contributed by atoms with Crippen molar-refractivity contribution in [1.29, 1.82) is 0 Å². The number of amides is 2. The molecule has 0 unspecified atom stereocenters. The van der Waals surface area contributed by atoms with Crippen molar-refractivity contribution in [2.24, 2.45) is 0 Å². The van der Waals surface area contributed by atoms with Crippen LogP contribution in [0.15, 0.2) is 47.4 Å². The number of hydrogen-bond acceptors (Lipinski definition) is 5. The van der Waals surface area contributed by atoms with E-state index in [1.807, 2.05) is 36.4 Å². The number of thioether (sulfide) groups is 1. The zero-order chi connectivity index (χ0) is 15.2. The highest BCUT2D eigenvalue weighted by atomic mass is 32.2. The van der Waals surface area contributed by atoms with Crippen molar-refractivity contribution in [2.45, 2.75) is 0 Å². The van der Waals surface area contributed by atoms with Gasteiger partial charge in [0.05, 0.1) is 12.0 Å². The van der Waals surface area contributed by atoms with Crippen LogP contribution in [-0.2, 0) is 14.3 Å². The summed E-state index contributed by atoms with van der Waals surface area (Å²) >= 11 is 0.809. The Morgan fingerprint density at radius 3 is 2.67 bits per heavy atom. The number of esters is 1. The maximum absolute atomic E-state index is 12.0. The number of carbonyl (C=O) groups excluding carboxylic acids is 3. The highest BCUT2D eigenvalue weighted by Gasteiger charge is 2.36. The van der Waals surface area contributed by atoms with Crippen molar-refractivity contribution in [1.82, 2.24) is 4.90 Å². The lowest BCUT2D eigenvalue weighted by atomic mass is 10.2. The molecule has 1 aliphatic heterocycles. The first-order chi connectivity index (χ1) is 10.1. The zero-order valence-corrected chi connectivity index (χ0v) is 12.1. The number of imide groups is 1. The highest BCUT2D eigenvalue weighted by Crippen LogP contribution is 2.30. The normalized spacial score (nSPS) is 17.0. The van der Waals surface area contributed by atoms with Crippen LogP contribution in [0.2, 0.25) is 0 Å². The van der Waals surface area contributed by atoms with Gasteiger partial charge in [-0.15, -0.1) is 0 Å². The van der Waals surface area contributed by atoms with Crippen LogP contribution in [0.25, 0.3) is 6.08 Å². The number of rotatable bonds is 4. The quantitative estimate of drug-likeness (QED) is 0.631. The Morgan fingerprint density at radius 1 is 1.29 bits per heavy atom. The lowest BCUT2D eigenvalue weighted by Crippen LogP contribution is -2.34. The molecule has 1 fully saturated rings. The molecule has 6 heteroatoms. The third kappa shape index (κ3) is 3.82. The maximum Gasteiger partial charge on any atom is 0.325 e. The van der Waals surface area contributed by atoms with Gasteiger partial charge >= 0.3 is 5.97 Å². The van der Waals surface area contributed by atoms with Gasteiger partial charge in [-0.05, 0) is 23.4 Å². The fraction of sp³-hybridized carbons (Fsp3) is 0.133. The molecule has 2 rings (SSSR count). The van der Waals surface area contributed by atoms with Gasteiger partial charge in [0.25, 0.3) is 11.1 Å². The molecule has 1 heterocycles. The lowest BCUT2D eigenvalue weighted by Gasteiger charge is -2.09. The van der Waals surface area contributed by atoms with Crippen molar-refractivity contribution in [3.63, 3.8) is 0 Å². The van der Waals surface area contributed by atoms with E-state index in [-0.39, 0.29) is 11.4 Å². The fourth-order valence-electron chi connectivity index (χ4n) is 1.65. The molecule has 0 spiro atoms. The summed E-state index contributed by atoms with van der Waals surface area (Å²) in [5.74, 6) is -1.11. The molecule has 0 radical (unpaired) electrons. The molecular formula is C15H13NO4S. The minimum atomic E-state index is -0.627. The molecule has 0 atom stereocenters.